The molecule has 1 aromatic rings. The highest BCUT2D eigenvalue weighted by atomic mass is 19.1. The van der Waals surface area contributed by atoms with E-state index in [1.54, 1.807) is 0 Å². The summed E-state index contributed by atoms with van der Waals surface area (Å²) in [6.45, 7) is 1.50. The topological polar surface area (TPSA) is 79.1 Å². The molecule has 1 aliphatic carbocycles. The zero-order valence-corrected chi connectivity index (χ0v) is 11.2. The highest BCUT2D eigenvalue weighted by Gasteiger charge is 2.18. The van der Waals surface area contributed by atoms with Crippen molar-refractivity contribution in [2.45, 2.75) is 31.7 Å². The second-order valence-electron chi connectivity index (χ2n) is 4.88. The van der Waals surface area contributed by atoms with E-state index in [2.05, 4.69) is 32.7 Å². The molecule has 6 nitrogen and oxygen atoms in total. The van der Waals surface area contributed by atoms with Crippen LogP contribution >= 0.6 is 0 Å². The van der Waals surface area contributed by atoms with Crippen LogP contribution in [0.25, 0.3) is 0 Å². The number of anilines is 2. The number of nitrogens with two attached hydrogens (primary N) is 1. The fourth-order valence-electron chi connectivity index (χ4n) is 2.44. The molecule has 0 saturated heterocycles. The van der Waals surface area contributed by atoms with Crippen LogP contribution in [0.15, 0.2) is 6.20 Å². The minimum absolute atomic E-state index is 0.183. The molecule has 0 atom stereocenters. The summed E-state index contributed by atoms with van der Waals surface area (Å²) in [5, 5.41) is 2.98. The van der Waals surface area contributed by atoms with Crippen molar-refractivity contribution in [2.24, 2.45) is 5.84 Å². The van der Waals surface area contributed by atoms with E-state index in [0.717, 1.165) is 12.7 Å². The Labute approximate surface area is 112 Å². The smallest absolute Gasteiger partial charge is 0.239 e. The van der Waals surface area contributed by atoms with E-state index in [1.807, 2.05) is 0 Å². The van der Waals surface area contributed by atoms with Gasteiger partial charge in [-0.1, -0.05) is 12.8 Å². The summed E-state index contributed by atoms with van der Waals surface area (Å²) < 4.78 is 13.5. The zero-order valence-electron chi connectivity index (χ0n) is 11.2. The molecule has 1 fully saturated rings. The second-order valence-corrected chi connectivity index (χ2v) is 4.88. The average Bonchev–Trinajstić information content (AvgIpc) is 2.95. The van der Waals surface area contributed by atoms with E-state index in [4.69, 9.17) is 5.84 Å². The molecule has 0 radical (unpaired) electrons. The van der Waals surface area contributed by atoms with Gasteiger partial charge in [0, 0.05) is 19.1 Å². The summed E-state index contributed by atoms with van der Waals surface area (Å²) in [7, 11) is 2.11. The standard InChI is InChI=1S/C12H21FN6/c1-19(9-4-2-3-5-9)7-6-15-11-10(13)8-16-12(17-11)18-14/h8-9H,2-7,14H2,1H3,(H2,15,16,17,18). The lowest BCUT2D eigenvalue weighted by molar-refractivity contribution is 0.254. The van der Waals surface area contributed by atoms with Gasteiger partial charge in [0.1, 0.15) is 0 Å². The van der Waals surface area contributed by atoms with Crippen molar-refractivity contribution in [3.8, 4) is 0 Å². The Hall–Kier alpha value is -1.47. The Bertz CT molecular complexity index is 407. The van der Waals surface area contributed by atoms with Crippen LogP contribution in [0.5, 0.6) is 0 Å². The summed E-state index contributed by atoms with van der Waals surface area (Å²) in [6, 6.07) is 0.665. The van der Waals surface area contributed by atoms with Crippen LogP contribution in [0, 0.1) is 5.82 Å². The van der Waals surface area contributed by atoms with Crippen molar-refractivity contribution >= 4 is 11.8 Å². The lowest BCUT2D eigenvalue weighted by Gasteiger charge is -2.24. The van der Waals surface area contributed by atoms with E-state index in [0.29, 0.717) is 12.6 Å². The number of halogens is 1. The minimum atomic E-state index is -0.470. The Morgan fingerprint density at radius 3 is 2.89 bits per heavy atom. The van der Waals surface area contributed by atoms with Crippen molar-refractivity contribution < 1.29 is 4.39 Å². The summed E-state index contributed by atoms with van der Waals surface area (Å²) in [5.74, 6) is 5.11. The molecule has 0 aliphatic heterocycles. The van der Waals surface area contributed by atoms with Crippen LogP contribution in [0.2, 0.25) is 0 Å². The first-order chi connectivity index (χ1) is 9.20. The van der Waals surface area contributed by atoms with Crippen molar-refractivity contribution in [3.05, 3.63) is 12.0 Å². The third-order valence-corrected chi connectivity index (χ3v) is 3.58. The third kappa shape index (κ3) is 3.74. The normalized spacial score (nSPS) is 16.0. The average molecular weight is 268 g/mol. The molecular formula is C12H21FN6. The van der Waals surface area contributed by atoms with Crippen molar-refractivity contribution in [3.63, 3.8) is 0 Å². The molecule has 0 aromatic carbocycles. The van der Waals surface area contributed by atoms with Gasteiger partial charge in [0.15, 0.2) is 11.6 Å². The highest BCUT2D eigenvalue weighted by molar-refractivity contribution is 5.40. The quantitative estimate of drug-likeness (QED) is 0.531. The number of aromatic nitrogens is 2. The van der Waals surface area contributed by atoms with E-state index in [1.165, 1.54) is 25.7 Å². The second kappa shape index (κ2) is 6.63. The molecule has 0 spiro atoms. The maximum absolute atomic E-state index is 13.5. The first-order valence-electron chi connectivity index (χ1n) is 6.64. The molecule has 0 bridgehead atoms. The van der Waals surface area contributed by atoms with Gasteiger partial charge in [-0.05, 0) is 19.9 Å². The molecule has 106 valence electrons. The van der Waals surface area contributed by atoms with Gasteiger partial charge in [-0.3, -0.25) is 5.43 Å². The van der Waals surface area contributed by atoms with Gasteiger partial charge in [0.2, 0.25) is 5.95 Å². The van der Waals surface area contributed by atoms with Crippen LogP contribution in [0.1, 0.15) is 25.7 Å². The summed E-state index contributed by atoms with van der Waals surface area (Å²) in [4.78, 5) is 9.94. The van der Waals surface area contributed by atoms with Crippen LogP contribution in [-0.2, 0) is 0 Å². The van der Waals surface area contributed by atoms with Gasteiger partial charge in [-0.15, -0.1) is 0 Å². The van der Waals surface area contributed by atoms with Crippen LogP contribution < -0.4 is 16.6 Å². The molecule has 7 heteroatoms. The van der Waals surface area contributed by atoms with Crippen molar-refractivity contribution in [1.82, 2.24) is 14.9 Å². The van der Waals surface area contributed by atoms with Gasteiger partial charge in [-0.25, -0.2) is 15.2 Å². The summed E-state index contributed by atoms with van der Waals surface area (Å²) in [5.41, 5.74) is 2.30. The number of rotatable bonds is 6. The Kier molecular flexibility index (Phi) is 4.86. The number of hydrazine groups is 1. The van der Waals surface area contributed by atoms with E-state index >= 15 is 0 Å². The maximum atomic E-state index is 13.5. The predicted molar refractivity (Wildman–Crippen MR) is 73.2 cm³/mol. The molecule has 19 heavy (non-hydrogen) atoms. The fourth-order valence-corrected chi connectivity index (χ4v) is 2.44. The number of nitrogens with one attached hydrogen (secondary N) is 2. The molecule has 1 aliphatic rings. The molecule has 1 aromatic heterocycles. The molecule has 0 amide bonds. The third-order valence-electron chi connectivity index (χ3n) is 3.58. The first-order valence-corrected chi connectivity index (χ1v) is 6.64. The lowest BCUT2D eigenvalue weighted by Crippen LogP contribution is -2.33. The highest BCUT2D eigenvalue weighted by Crippen LogP contribution is 2.22. The van der Waals surface area contributed by atoms with Gasteiger partial charge in [0.25, 0.3) is 0 Å². The monoisotopic (exact) mass is 268 g/mol. The van der Waals surface area contributed by atoms with E-state index < -0.39 is 5.82 Å². The number of likely N-dealkylation sites (N-methyl/N-ethyl adjacent to an activating group) is 1. The first kappa shape index (κ1) is 14.0. The van der Waals surface area contributed by atoms with Gasteiger partial charge < -0.3 is 10.2 Å². The molecule has 0 unspecified atom stereocenters. The van der Waals surface area contributed by atoms with Crippen LogP contribution in [0.4, 0.5) is 16.2 Å². The van der Waals surface area contributed by atoms with Gasteiger partial charge >= 0.3 is 0 Å². The van der Waals surface area contributed by atoms with E-state index in [9.17, 15) is 4.39 Å². The minimum Gasteiger partial charge on any atom is -0.366 e. The Morgan fingerprint density at radius 2 is 2.21 bits per heavy atom. The van der Waals surface area contributed by atoms with Gasteiger partial charge in [-0.2, -0.15) is 4.98 Å². The SMILES string of the molecule is CN(CCNc1nc(NN)ncc1F)C1CCCC1. The Balaban J connectivity index is 1.81. The Morgan fingerprint density at radius 1 is 1.47 bits per heavy atom. The van der Waals surface area contributed by atoms with Crippen LogP contribution in [0.3, 0.4) is 0 Å². The molecule has 1 saturated carbocycles. The van der Waals surface area contributed by atoms with Gasteiger partial charge in [0.05, 0.1) is 6.20 Å². The number of nitrogens with zero attached hydrogens (tertiary/aromatic N) is 3. The molecule has 1 heterocycles. The zero-order chi connectivity index (χ0) is 13.7. The summed E-state index contributed by atoms with van der Waals surface area (Å²) in [6.07, 6.45) is 6.26. The number of nitrogen functional groups attached to an aromatic ring is 1. The predicted octanol–water partition coefficient (Wildman–Crippen LogP) is 1.19. The van der Waals surface area contributed by atoms with Crippen LogP contribution in [-0.4, -0.2) is 41.0 Å². The molecule has 4 N–H and O–H groups in total. The van der Waals surface area contributed by atoms with Crippen molar-refractivity contribution in [1.29, 1.82) is 0 Å². The van der Waals surface area contributed by atoms with Crippen molar-refractivity contribution in [2.75, 3.05) is 30.9 Å². The largest absolute Gasteiger partial charge is 0.366 e. The molecular weight excluding hydrogens is 247 g/mol. The summed E-state index contributed by atoms with van der Waals surface area (Å²) >= 11 is 0. The fraction of sp³-hybridized carbons (Fsp3) is 0.667. The van der Waals surface area contributed by atoms with E-state index in [-0.39, 0.29) is 11.8 Å². The lowest BCUT2D eigenvalue weighted by atomic mass is 10.2. The number of hydrogen-bond acceptors (Lipinski definition) is 6. The molecule has 2 rings (SSSR count). The maximum Gasteiger partial charge on any atom is 0.239 e. The number of hydrogen-bond donors (Lipinski definition) is 3.